The number of carbonyl (C=O) groups is 1. The van der Waals surface area contributed by atoms with Crippen molar-refractivity contribution >= 4 is 28.7 Å². The second kappa shape index (κ2) is 12.3. The van der Waals surface area contributed by atoms with Gasteiger partial charge < -0.3 is 28.4 Å². The summed E-state index contributed by atoms with van der Waals surface area (Å²) in [6, 6.07) is 15.0. The zero-order valence-corrected chi connectivity index (χ0v) is 22.3. The average molecular weight is 578 g/mol. The van der Waals surface area contributed by atoms with Gasteiger partial charge in [-0.1, -0.05) is 23.7 Å². The molecule has 0 aliphatic carbocycles. The number of halogens is 4. The van der Waals surface area contributed by atoms with Crippen LogP contribution in [0.1, 0.15) is 5.69 Å². The maximum atomic E-state index is 12.5. The molecule has 4 aromatic rings. The quantitative estimate of drug-likeness (QED) is 0.148. The van der Waals surface area contributed by atoms with E-state index in [1.165, 1.54) is 26.4 Å². The number of aromatic nitrogens is 1. The predicted octanol–water partition coefficient (Wildman–Crippen LogP) is 7.72. The van der Waals surface area contributed by atoms with Crippen molar-refractivity contribution in [3.05, 3.63) is 71.4 Å². The minimum Gasteiger partial charge on any atom is -0.495 e. The zero-order valence-electron chi connectivity index (χ0n) is 21.5. The maximum absolute atomic E-state index is 12.5. The summed E-state index contributed by atoms with van der Waals surface area (Å²) in [5, 5.41) is 0.746. The first-order chi connectivity index (χ1) is 19.1. The molecule has 0 amide bonds. The van der Waals surface area contributed by atoms with Crippen molar-refractivity contribution in [2.45, 2.75) is 13.3 Å². The summed E-state index contributed by atoms with van der Waals surface area (Å²) in [5.41, 5.74) is 2.18. The van der Waals surface area contributed by atoms with Gasteiger partial charge >= 0.3 is 12.5 Å². The van der Waals surface area contributed by atoms with E-state index >= 15 is 0 Å². The largest absolute Gasteiger partial charge is 0.573 e. The summed E-state index contributed by atoms with van der Waals surface area (Å²) >= 11 is 6.37. The summed E-state index contributed by atoms with van der Waals surface area (Å²) in [7, 11) is 2.96. The standard InChI is InChI=1S/C28H23ClF3NO7/c1-16-25(17-4-6-18(7-5-17)38-19-8-10-20(11-9-19)40-28(30,31)32)26(39-27(34)37-13-12-35-2)21-14-22(29)24(36-3)15-23(21)33-16/h4-11,14-15H,12-13H2,1-3H3. The van der Waals surface area contributed by atoms with Gasteiger partial charge in [-0.3, -0.25) is 4.98 Å². The number of pyridine rings is 1. The third kappa shape index (κ3) is 7.04. The smallest absolute Gasteiger partial charge is 0.495 e. The van der Waals surface area contributed by atoms with Crippen LogP contribution in [0, 0.1) is 6.92 Å². The van der Waals surface area contributed by atoms with Crippen LogP contribution in [-0.4, -0.2) is 44.9 Å². The van der Waals surface area contributed by atoms with E-state index in [-0.39, 0.29) is 24.7 Å². The molecule has 8 nitrogen and oxygen atoms in total. The van der Waals surface area contributed by atoms with Crippen LogP contribution in [0.15, 0.2) is 60.7 Å². The van der Waals surface area contributed by atoms with Crippen LogP contribution >= 0.6 is 11.6 Å². The fourth-order valence-electron chi connectivity index (χ4n) is 3.81. The van der Waals surface area contributed by atoms with Gasteiger partial charge in [0.25, 0.3) is 0 Å². The lowest BCUT2D eigenvalue weighted by molar-refractivity contribution is -0.274. The van der Waals surface area contributed by atoms with Crippen LogP contribution in [0.25, 0.3) is 22.0 Å². The van der Waals surface area contributed by atoms with Gasteiger partial charge in [-0.05, 0) is 55.0 Å². The molecule has 0 atom stereocenters. The van der Waals surface area contributed by atoms with Gasteiger partial charge in [0.05, 0.1) is 24.3 Å². The molecule has 210 valence electrons. The van der Waals surface area contributed by atoms with Gasteiger partial charge in [0, 0.05) is 29.8 Å². The topological polar surface area (TPSA) is 85.3 Å². The zero-order chi connectivity index (χ0) is 28.9. The molecule has 12 heteroatoms. The molecule has 0 spiro atoms. The Kier molecular flexibility index (Phi) is 8.86. The number of hydrogen-bond donors (Lipinski definition) is 0. The lowest BCUT2D eigenvalue weighted by atomic mass is 10.00. The number of fused-ring (bicyclic) bond motifs is 1. The summed E-state index contributed by atoms with van der Waals surface area (Å²) < 4.78 is 67.8. The molecule has 0 N–H and O–H groups in total. The van der Waals surface area contributed by atoms with E-state index in [1.807, 2.05) is 0 Å². The monoisotopic (exact) mass is 577 g/mol. The van der Waals surface area contributed by atoms with Gasteiger partial charge in [-0.2, -0.15) is 0 Å². The fraction of sp³-hybridized carbons (Fsp3) is 0.214. The molecule has 0 radical (unpaired) electrons. The molecule has 40 heavy (non-hydrogen) atoms. The first-order valence-corrected chi connectivity index (χ1v) is 12.1. The number of benzene rings is 3. The second-order valence-electron chi connectivity index (χ2n) is 8.24. The van der Waals surface area contributed by atoms with Gasteiger partial charge in [0.1, 0.15) is 29.6 Å². The Morgan fingerprint density at radius 1 is 0.925 bits per heavy atom. The van der Waals surface area contributed by atoms with Crippen molar-refractivity contribution in [3.63, 3.8) is 0 Å². The number of nitrogens with zero attached hydrogens (tertiary/aromatic N) is 1. The summed E-state index contributed by atoms with van der Waals surface area (Å²) in [4.78, 5) is 17.2. The van der Waals surface area contributed by atoms with Crippen LogP contribution in [0.4, 0.5) is 18.0 Å². The lowest BCUT2D eigenvalue weighted by Gasteiger charge is -2.17. The van der Waals surface area contributed by atoms with Crippen LogP contribution < -0.4 is 18.9 Å². The van der Waals surface area contributed by atoms with Crippen molar-refractivity contribution in [2.75, 3.05) is 27.4 Å². The Balaban J connectivity index is 1.66. The van der Waals surface area contributed by atoms with Crippen molar-refractivity contribution in [2.24, 2.45) is 0 Å². The molecular weight excluding hydrogens is 555 g/mol. The Morgan fingerprint density at radius 3 is 2.15 bits per heavy atom. The van der Waals surface area contributed by atoms with Gasteiger partial charge in [0.2, 0.25) is 0 Å². The van der Waals surface area contributed by atoms with E-state index in [0.717, 1.165) is 12.1 Å². The molecule has 0 aliphatic heterocycles. The van der Waals surface area contributed by atoms with E-state index in [9.17, 15) is 18.0 Å². The van der Waals surface area contributed by atoms with Crippen molar-refractivity contribution in [1.82, 2.24) is 4.98 Å². The number of rotatable bonds is 9. The van der Waals surface area contributed by atoms with Crippen LogP contribution in [0.5, 0.6) is 28.7 Å². The summed E-state index contributed by atoms with van der Waals surface area (Å²) in [6.07, 6.45) is -5.72. The highest BCUT2D eigenvalue weighted by molar-refractivity contribution is 6.33. The van der Waals surface area contributed by atoms with Crippen LogP contribution in [0.2, 0.25) is 5.02 Å². The lowest BCUT2D eigenvalue weighted by Crippen LogP contribution is -2.16. The number of alkyl halides is 3. The number of ether oxygens (including phenoxy) is 6. The number of aryl methyl sites for hydroxylation is 1. The molecule has 1 heterocycles. The second-order valence-corrected chi connectivity index (χ2v) is 8.65. The van der Waals surface area contributed by atoms with E-state index in [1.54, 1.807) is 43.3 Å². The molecule has 0 fully saturated rings. The normalized spacial score (nSPS) is 11.3. The number of hydrogen-bond acceptors (Lipinski definition) is 8. The molecule has 0 saturated carbocycles. The minimum atomic E-state index is -4.78. The van der Waals surface area contributed by atoms with E-state index in [2.05, 4.69) is 9.72 Å². The number of methoxy groups -OCH3 is 2. The Labute approximate surface area is 232 Å². The van der Waals surface area contributed by atoms with Gasteiger partial charge in [0.15, 0.2) is 5.75 Å². The molecule has 0 aliphatic rings. The summed E-state index contributed by atoms with van der Waals surface area (Å²) in [6.45, 7) is 1.95. The minimum absolute atomic E-state index is 0.00338. The molecule has 3 aromatic carbocycles. The first-order valence-electron chi connectivity index (χ1n) is 11.7. The Morgan fingerprint density at radius 2 is 1.55 bits per heavy atom. The summed E-state index contributed by atoms with van der Waals surface area (Å²) in [5.74, 6) is 0.942. The van der Waals surface area contributed by atoms with Crippen molar-refractivity contribution < 1.29 is 46.4 Å². The van der Waals surface area contributed by atoms with Gasteiger partial charge in [-0.15, -0.1) is 13.2 Å². The van der Waals surface area contributed by atoms with Gasteiger partial charge in [-0.25, -0.2) is 4.79 Å². The molecule has 0 bridgehead atoms. The number of carbonyl (C=O) groups excluding carboxylic acids is 1. The van der Waals surface area contributed by atoms with Crippen LogP contribution in [-0.2, 0) is 9.47 Å². The fourth-order valence-corrected chi connectivity index (χ4v) is 4.05. The van der Waals surface area contributed by atoms with E-state index in [4.69, 9.17) is 35.3 Å². The first kappa shape index (κ1) is 28.8. The highest BCUT2D eigenvalue weighted by Crippen LogP contribution is 2.42. The molecule has 1 aromatic heterocycles. The Hall–Kier alpha value is -4.22. The Bertz CT molecular complexity index is 1490. The highest BCUT2D eigenvalue weighted by atomic mass is 35.5. The molecule has 4 rings (SSSR count). The maximum Gasteiger partial charge on any atom is 0.573 e. The van der Waals surface area contributed by atoms with E-state index in [0.29, 0.717) is 50.0 Å². The SMILES string of the molecule is COCCOC(=O)Oc1c(-c2ccc(Oc3ccc(OC(F)(F)F)cc3)cc2)c(C)nc2cc(OC)c(Cl)cc12. The van der Waals surface area contributed by atoms with Crippen molar-refractivity contribution in [3.8, 4) is 39.9 Å². The predicted molar refractivity (Wildman–Crippen MR) is 141 cm³/mol. The average Bonchev–Trinajstić information content (AvgIpc) is 2.90. The van der Waals surface area contributed by atoms with Crippen LogP contribution in [0.3, 0.4) is 0 Å². The highest BCUT2D eigenvalue weighted by Gasteiger charge is 2.31. The van der Waals surface area contributed by atoms with E-state index < -0.39 is 12.5 Å². The third-order valence-corrected chi connectivity index (χ3v) is 5.82. The molecule has 0 saturated heterocycles. The molecular formula is C28H23ClF3NO7. The molecule has 0 unspecified atom stereocenters. The van der Waals surface area contributed by atoms with Crippen molar-refractivity contribution in [1.29, 1.82) is 0 Å². The third-order valence-electron chi connectivity index (χ3n) is 5.52.